The van der Waals surface area contributed by atoms with Gasteiger partial charge in [-0.05, 0) is 50.7 Å². The predicted octanol–water partition coefficient (Wildman–Crippen LogP) is 0.441. The fourth-order valence-electron chi connectivity index (χ4n) is 4.56. The Morgan fingerprint density at radius 3 is 2.86 bits per heavy atom. The Morgan fingerprint density at radius 1 is 1.40 bits per heavy atom. The molecule has 0 spiro atoms. The third-order valence-corrected chi connectivity index (χ3v) is 6.85. The molecule has 5 atom stereocenters. The summed E-state index contributed by atoms with van der Waals surface area (Å²) < 4.78 is 18.4. The second kappa shape index (κ2) is 10.4. The zero-order chi connectivity index (χ0) is 25.2. The van der Waals surface area contributed by atoms with Gasteiger partial charge in [0.15, 0.2) is 5.82 Å². The molecule has 12 heteroatoms. The number of carbonyl (C=O) groups excluding carboxylic acids is 1. The molecule has 2 aliphatic rings. The molecule has 5 N–H and O–H groups in total. The first kappa shape index (κ1) is 25.3. The fourth-order valence-corrected chi connectivity index (χ4v) is 4.56. The minimum absolute atomic E-state index is 0.0584. The molecular formula is C23H32N6O6. The maximum atomic E-state index is 12.4. The molecule has 12 nitrogen and oxygen atoms in total. The van der Waals surface area contributed by atoms with E-state index in [4.69, 9.17) is 19.9 Å². The Morgan fingerprint density at radius 2 is 2.14 bits per heavy atom. The van der Waals surface area contributed by atoms with Crippen LogP contribution in [0.25, 0.3) is 5.52 Å². The van der Waals surface area contributed by atoms with Gasteiger partial charge < -0.3 is 30.2 Å². The number of anilines is 1. The third kappa shape index (κ3) is 5.10. The van der Waals surface area contributed by atoms with E-state index in [0.717, 1.165) is 25.7 Å². The average molecular weight is 489 g/mol. The summed E-state index contributed by atoms with van der Waals surface area (Å²) in [5.41, 5.74) is 4.95. The van der Waals surface area contributed by atoms with Gasteiger partial charge in [-0.15, -0.1) is 0 Å². The molecule has 190 valence electrons. The summed E-state index contributed by atoms with van der Waals surface area (Å²) in [6, 6.07) is 4.62. The van der Waals surface area contributed by atoms with Crippen LogP contribution in [-0.2, 0) is 19.0 Å². The highest BCUT2D eigenvalue weighted by Crippen LogP contribution is 2.40. The Balaban J connectivity index is 1.32. The van der Waals surface area contributed by atoms with Crippen molar-refractivity contribution in [1.29, 1.82) is 5.26 Å². The third-order valence-electron chi connectivity index (χ3n) is 6.85. The van der Waals surface area contributed by atoms with Crippen LogP contribution >= 0.6 is 0 Å². The molecule has 2 aromatic rings. The Labute approximate surface area is 203 Å². The van der Waals surface area contributed by atoms with Crippen LogP contribution in [0.3, 0.4) is 0 Å². The van der Waals surface area contributed by atoms with E-state index < -0.39 is 30.0 Å². The van der Waals surface area contributed by atoms with Crippen LogP contribution in [0.5, 0.6) is 0 Å². The Bertz CT molecular complexity index is 1080. The fraction of sp³-hybridized carbons (Fsp3) is 0.652. The first-order valence-electron chi connectivity index (χ1n) is 11.8. The minimum Gasteiger partial charge on any atom is -0.461 e. The number of fused-ring (bicyclic) bond motifs is 1. The van der Waals surface area contributed by atoms with Gasteiger partial charge in [0, 0.05) is 0 Å². The first-order chi connectivity index (χ1) is 16.8. The van der Waals surface area contributed by atoms with Crippen LogP contribution in [-0.4, -0.2) is 74.1 Å². The SMILES string of the molecule is CC1CCC(OC(=O)[C@H](C)NCOC[C@@]2(C#N)O[C@@H](c3ccc4c(N)ncnn34)[C@H](O)[C@@H]2O)CC1. The van der Waals surface area contributed by atoms with Gasteiger partial charge in [0.25, 0.3) is 0 Å². The molecule has 0 aromatic carbocycles. The summed E-state index contributed by atoms with van der Waals surface area (Å²) >= 11 is 0. The molecule has 1 saturated carbocycles. The molecule has 0 bridgehead atoms. The van der Waals surface area contributed by atoms with Crippen LogP contribution < -0.4 is 11.1 Å². The number of hydrogen-bond donors (Lipinski definition) is 4. The minimum atomic E-state index is -1.82. The van der Waals surface area contributed by atoms with Gasteiger partial charge in [-0.2, -0.15) is 10.4 Å². The van der Waals surface area contributed by atoms with Crippen molar-refractivity contribution >= 4 is 17.3 Å². The Kier molecular flexibility index (Phi) is 7.53. The number of carbonyl (C=O) groups is 1. The van der Waals surface area contributed by atoms with E-state index in [1.54, 1.807) is 19.1 Å². The van der Waals surface area contributed by atoms with Crippen molar-refractivity contribution in [3.63, 3.8) is 0 Å². The number of nitrogens with zero attached hydrogens (tertiary/aromatic N) is 4. The molecule has 4 rings (SSSR count). The largest absolute Gasteiger partial charge is 0.461 e. The average Bonchev–Trinajstić information content (AvgIpc) is 3.39. The topological polar surface area (TPSA) is 177 Å². The van der Waals surface area contributed by atoms with Gasteiger partial charge in [-0.1, -0.05) is 6.92 Å². The van der Waals surface area contributed by atoms with Gasteiger partial charge >= 0.3 is 5.97 Å². The molecule has 0 unspecified atom stereocenters. The van der Waals surface area contributed by atoms with Gasteiger partial charge in [-0.25, -0.2) is 9.50 Å². The van der Waals surface area contributed by atoms with Crippen molar-refractivity contribution in [2.45, 2.75) is 75.6 Å². The lowest BCUT2D eigenvalue weighted by atomic mass is 9.89. The van der Waals surface area contributed by atoms with Crippen molar-refractivity contribution in [3.05, 3.63) is 24.2 Å². The van der Waals surface area contributed by atoms with Crippen LogP contribution in [0.1, 0.15) is 51.3 Å². The standard InChI is InChI=1S/C23H32N6O6/c1-13-3-5-15(6-4-13)34-22(32)14(2)27-12-33-10-23(9-24)20(31)18(30)19(35-23)16-7-8-17-21(25)26-11-28-29(16)17/h7-8,11,13-15,18-20,27,30-31H,3-6,10,12H2,1-2H3,(H2,25,26,28)/t13?,14-,15?,18-,19-,20-,23+/m0/s1. The lowest BCUT2D eigenvalue weighted by Crippen LogP contribution is -2.47. The first-order valence-corrected chi connectivity index (χ1v) is 11.8. The highest BCUT2D eigenvalue weighted by atomic mass is 16.6. The van der Waals surface area contributed by atoms with E-state index >= 15 is 0 Å². The highest BCUT2D eigenvalue weighted by molar-refractivity contribution is 5.75. The summed E-state index contributed by atoms with van der Waals surface area (Å²) in [6.07, 6.45) is 1.04. The molecule has 0 amide bonds. The quantitative estimate of drug-likeness (QED) is 0.230. The lowest BCUT2D eigenvalue weighted by Gasteiger charge is -2.27. The number of aromatic nitrogens is 3. The van der Waals surface area contributed by atoms with Crippen molar-refractivity contribution < 1.29 is 29.2 Å². The number of esters is 1. The van der Waals surface area contributed by atoms with Crippen molar-refractivity contribution in [2.24, 2.45) is 5.92 Å². The monoisotopic (exact) mass is 488 g/mol. The van der Waals surface area contributed by atoms with E-state index in [-0.39, 0.29) is 31.2 Å². The molecule has 2 fully saturated rings. The zero-order valence-corrected chi connectivity index (χ0v) is 19.8. The van der Waals surface area contributed by atoms with Gasteiger partial charge in [0.05, 0.1) is 19.0 Å². The van der Waals surface area contributed by atoms with Crippen molar-refractivity contribution in [1.82, 2.24) is 19.9 Å². The zero-order valence-electron chi connectivity index (χ0n) is 19.8. The molecule has 0 radical (unpaired) electrons. The number of ether oxygens (including phenoxy) is 3. The van der Waals surface area contributed by atoms with E-state index in [2.05, 4.69) is 22.3 Å². The van der Waals surface area contributed by atoms with Crippen molar-refractivity contribution in [2.75, 3.05) is 19.1 Å². The molecule has 35 heavy (non-hydrogen) atoms. The van der Waals surface area contributed by atoms with E-state index in [1.165, 1.54) is 10.8 Å². The van der Waals surface area contributed by atoms with Crippen LogP contribution in [0.4, 0.5) is 5.82 Å². The maximum Gasteiger partial charge on any atom is 0.323 e. The number of rotatable bonds is 8. The van der Waals surface area contributed by atoms with Gasteiger partial charge in [0.2, 0.25) is 5.60 Å². The lowest BCUT2D eigenvalue weighted by molar-refractivity contribution is -0.154. The predicted molar refractivity (Wildman–Crippen MR) is 123 cm³/mol. The summed E-state index contributed by atoms with van der Waals surface area (Å²) in [5, 5.41) is 38.2. The van der Waals surface area contributed by atoms with Crippen LogP contribution in [0.2, 0.25) is 0 Å². The molecule has 3 heterocycles. The highest BCUT2D eigenvalue weighted by Gasteiger charge is 2.56. The number of nitriles is 1. The second-order valence-corrected chi connectivity index (χ2v) is 9.41. The summed E-state index contributed by atoms with van der Waals surface area (Å²) in [7, 11) is 0. The number of nitrogen functional groups attached to an aromatic ring is 1. The number of nitrogens with two attached hydrogens (primary N) is 1. The number of nitrogens with one attached hydrogen (secondary N) is 1. The smallest absolute Gasteiger partial charge is 0.323 e. The van der Waals surface area contributed by atoms with E-state index in [1.807, 2.05) is 6.07 Å². The van der Waals surface area contributed by atoms with E-state index in [9.17, 15) is 20.3 Å². The molecule has 2 aromatic heterocycles. The van der Waals surface area contributed by atoms with Crippen LogP contribution in [0, 0.1) is 17.2 Å². The maximum absolute atomic E-state index is 12.4. The molecule has 1 saturated heterocycles. The summed E-state index contributed by atoms with van der Waals surface area (Å²) in [5.74, 6) is 0.540. The number of aliphatic hydroxyl groups excluding tert-OH is 2. The summed E-state index contributed by atoms with van der Waals surface area (Å²) in [6.45, 7) is 3.44. The number of aliphatic hydroxyl groups is 2. The van der Waals surface area contributed by atoms with Crippen molar-refractivity contribution in [3.8, 4) is 6.07 Å². The van der Waals surface area contributed by atoms with Crippen LogP contribution in [0.15, 0.2) is 18.5 Å². The van der Waals surface area contributed by atoms with Gasteiger partial charge in [-0.3, -0.25) is 10.1 Å². The van der Waals surface area contributed by atoms with E-state index in [0.29, 0.717) is 17.1 Å². The number of hydrogen-bond acceptors (Lipinski definition) is 11. The molecule has 1 aliphatic carbocycles. The summed E-state index contributed by atoms with van der Waals surface area (Å²) in [4.78, 5) is 16.3. The van der Waals surface area contributed by atoms with Gasteiger partial charge in [0.1, 0.15) is 48.4 Å². The second-order valence-electron chi connectivity index (χ2n) is 9.41. The molecule has 1 aliphatic heterocycles. The molecular weight excluding hydrogens is 456 g/mol. The normalized spacial score (nSPS) is 31.8. The Hall–Kier alpha value is -2.82.